The van der Waals surface area contributed by atoms with E-state index in [0.29, 0.717) is 44.4 Å². The highest BCUT2D eigenvalue weighted by Gasteiger charge is 2.37. The van der Waals surface area contributed by atoms with E-state index in [2.05, 4.69) is 32.2 Å². The summed E-state index contributed by atoms with van der Waals surface area (Å²) in [6.07, 6.45) is 7.92. The summed E-state index contributed by atoms with van der Waals surface area (Å²) in [5, 5.41) is 20.4. The number of nitrogens with zero attached hydrogens (tertiary/aromatic N) is 3. The molecule has 362 valence electrons. The Labute approximate surface area is 421 Å². The number of ether oxygens (including phenoxy) is 2. The van der Waals surface area contributed by atoms with Crippen molar-refractivity contribution in [2.45, 2.75) is 71.3 Å². The van der Waals surface area contributed by atoms with E-state index >= 15 is 0 Å². The molecule has 72 heavy (non-hydrogen) atoms. The Hall–Kier alpha value is -7.70. The van der Waals surface area contributed by atoms with Crippen LogP contribution in [0.1, 0.15) is 107 Å². The Bertz CT molecular complexity index is 3610. The van der Waals surface area contributed by atoms with E-state index in [1.165, 1.54) is 39.4 Å². The van der Waals surface area contributed by atoms with E-state index in [9.17, 15) is 24.3 Å². The van der Waals surface area contributed by atoms with Crippen LogP contribution in [-0.4, -0.2) is 66.7 Å². The standard InChI is InChI=1S/C59H52ClN5O7/c1-33-45(46-30-41(71-2)20-22-50(46)65(33)58(68)35-13-16-39(60)17-14-35)31-51(66)62-40-18-11-34(12-19-40)32-61-57(67)38-15-21-42(47(29-38)59(69)70)52-48-27-36-7-3-23-63-25-5-9-43(53(36)63)55(48)72-56-44-10-6-26-64-24-4-8-37(54(44)64)28-49(52)56/h11-22,27-30H,3-10,23-26,31-32H2,1-2H3,(H2-,61,62,66,67,69,70)/p+1. The van der Waals surface area contributed by atoms with Crippen molar-refractivity contribution < 1.29 is 33.8 Å². The fourth-order valence-corrected chi connectivity index (χ4v) is 12.2. The van der Waals surface area contributed by atoms with E-state index in [0.717, 1.165) is 116 Å². The molecule has 1 aromatic heterocycles. The molecular weight excluding hydrogens is 926 g/mol. The van der Waals surface area contributed by atoms with E-state index in [4.69, 9.17) is 21.1 Å². The highest BCUT2D eigenvalue weighted by molar-refractivity contribution is 6.30. The fraction of sp³-hybridized carbons (Fsp3) is 0.271. The molecule has 0 spiro atoms. The molecule has 0 aliphatic carbocycles. The first-order valence-electron chi connectivity index (χ1n) is 25.0. The number of amides is 2. The molecule has 6 heterocycles. The van der Waals surface area contributed by atoms with Crippen LogP contribution in [0.25, 0.3) is 16.5 Å². The molecule has 12 rings (SSSR count). The minimum absolute atomic E-state index is 0.000865. The highest BCUT2D eigenvalue weighted by atomic mass is 35.5. The predicted molar refractivity (Wildman–Crippen MR) is 278 cm³/mol. The number of fused-ring (bicyclic) bond motifs is 5. The number of carbonyl (C=O) groups excluding carboxylic acids is 3. The van der Waals surface area contributed by atoms with E-state index < -0.39 is 11.9 Å². The average Bonchev–Trinajstić information content (AvgIpc) is 3.66. The largest absolute Gasteiger partial charge is 0.497 e. The summed E-state index contributed by atoms with van der Waals surface area (Å²) in [4.78, 5) is 57.2. The Kier molecular flexibility index (Phi) is 11.5. The minimum atomic E-state index is -1.11. The van der Waals surface area contributed by atoms with Crippen molar-refractivity contribution >= 4 is 63.1 Å². The van der Waals surface area contributed by atoms with E-state index in [1.807, 2.05) is 37.3 Å². The van der Waals surface area contributed by atoms with Crippen molar-refractivity contribution in [2.24, 2.45) is 0 Å². The number of aromatic nitrogens is 1. The van der Waals surface area contributed by atoms with Crippen molar-refractivity contribution in [1.82, 2.24) is 14.5 Å². The Morgan fingerprint density at radius 3 is 2.29 bits per heavy atom. The van der Waals surface area contributed by atoms with Crippen LogP contribution in [0.4, 0.5) is 11.4 Å². The molecule has 2 amide bonds. The zero-order valence-corrected chi connectivity index (χ0v) is 41.0. The number of aromatic carboxylic acids is 1. The number of carbonyl (C=O) groups is 4. The van der Waals surface area contributed by atoms with E-state index in [-0.39, 0.29) is 35.9 Å². The van der Waals surface area contributed by atoms with Gasteiger partial charge >= 0.3 is 5.97 Å². The minimum Gasteiger partial charge on any atom is -0.497 e. The second-order valence-electron chi connectivity index (χ2n) is 19.6. The Balaban J connectivity index is 0.806. The van der Waals surface area contributed by atoms with Gasteiger partial charge in [-0.2, -0.15) is 0 Å². The Morgan fingerprint density at radius 1 is 0.778 bits per heavy atom. The molecule has 0 atom stereocenters. The van der Waals surface area contributed by atoms with Gasteiger partial charge in [0, 0.05) is 98.6 Å². The number of aryl methyl sites for hydroxylation is 2. The number of nitrogens with one attached hydrogen (secondary N) is 2. The summed E-state index contributed by atoms with van der Waals surface area (Å²) in [6, 6.07) is 28.9. The van der Waals surface area contributed by atoms with Crippen molar-refractivity contribution in [2.75, 3.05) is 43.5 Å². The number of hydrogen-bond acceptors (Lipinski definition) is 7. The summed E-state index contributed by atoms with van der Waals surface area (Å²) in [5.41, 5.74) is 12.8. The second kappa shape index (κ2) is 18.2. The van der Waals surface area contributed by atoms with Gasteiger partial charge in [-0.25, -0.2) is 9.37 Å². The van der Waals surface area contributed by atoms with Gasteiger partial charge in [0.05, 0.1) is 30.2 Å². The second-order valence-corrected chi connectivity index (χ2v) is 20.0. The van der Waals surface area contributed by atoms with Crippen molar-refractivity contribution in [1.29, 1.82) is 0 Å². The molecule has 0 radical (unpaired) electrons. The lowest BCUT2D eigenvalue weighted by Crippen LogP contribution is -2.45. The smallest absolute Gasteiger partial charge is 0.336 e. The number of carboxylic acid groups (broad SMARTS) is 1. The topological polar surface area (TPSA) is 142 Å². The van der Waals surface area contributed by atoms with Crippen molar-refractivity contribution in [3.63, 3.8) is 0 Å². The Morgan fingerprint density at radius 2 is 1.51 bits per heavy atom. The van der Waals surface area contributed by atoms with Gasteiger partial charge in [-0.3, -0.25) is 19.0 Å². The molecule has 0 bridgehead atoms. The zero-order chi connectivity index (χ0) is 49.4. The summed E-state index contributed by atoms with van der Waals surface area (Å²) in [6.45, 7) is 6.11. The van der Waals surface area contributed by atoms with Gasteiger partial charge in [0.1, 0.15) is 30.3 Å². The van der Waals surface area contributed by atoms with Gasteiger partial charge in [-0.1, -0.05) is 29.8 Å². The molecule has 0 fully saturated rings. The first-order valence-corrected chi connectivity index (χ1v) is 25.4. The third-order valence-electron chi connectivity index (χ3n) is 15.3. The lowest BCUT2D eigenvalue weighted by atomic mass is 9.81. The summed E-state index contributed by atoms with van der Waals surface area (Å²) in [7, 11) is 1.57. The average molecular weight is 980 g/mol. The molecule has 5 aliphatic rings. The molecular formula is C59H53ClN5O7+. The molecule has 0 saturated heterocycles. The molecule has 13 heteroatoms. The fourth-order valence-electron chi connectivity index (χ4n) is 12.0. The summed E-state index contributed by atoms with van der Waals surface area (Å²) in [5.74, 6) is 0.268. The number of anilines is 2. The normalized spacial score (nSPS) is 15.2. The maximum Gasteiger partial charge on any atom is 0.336 e. The molecule has 5 aliphatic heterocycles. The number of benzene rings is 6. The number of rotatable bonds is 10. The van der Waals surface area contributed by atoms with Crippen LogP contribution < -0.4 is 40.2 Å². The van der Waals surface area contributed by atoms with Gasteiger partial charge in [-0.15, -0.1) is 0 Å². The SMILES string of the molecule is COc1ccc2c(c1)c(CC(=O)Nc1ccc(CNC(=O)c3ccc(C4=c5cc6c7c(c5Oc5c4cc4c8c5CCCN8CCC4)CCC[N+]=7CCC6)c(C(=O)O)c3)cc1)c(C)n2C(=O)c1ccc(Cl)cc1. The third kappa shape index (κ3) is 7.79. The number of halogens is 1. The molecule has 3 N–H and O–H groups in total. The molecule has 12 nitrogen and oxygen atoms in total. The lowest BCUT2D eigenvalue weighted by molar-refractivity contribution is -0.115. The van der Waals surface area contributed by atoms with Crippen LogP contribution >= 0.6 is 11.6 Å². The zero-order valence-electron chi connectivity index (χ0n) is 40.3. The van der Waals surface area contributed by atoms with Gasteiger partial charge < -0.3 is 30.1 Å². The molecule has 0 unspecified atom stereocenters. The number of carboxylic acids is 1. The van der Waals surface area contributed by atoms with Gasteiger partial charge in [0.15, 0.2) is 0 Å². The maximum atomic E-state index is 13.9. The summed E-state index contributed by atoms with van der Waals surface area (Å²) >= 11 is 6.10. The van der Waals surface area contributed by atoms with Crippen LogP contribution in [0.3, 0.4) is 0 Å². The monoisotopic (exact) mass is 978 g/mol. The molecule has 7 aromatic rings. The number of hydrogen-bond donors (Lipinski definition) is 3. The maximum absolute atomic E-state index is 13.9. The molecule has 6 aromatic carbocycles. The predicted octanol–water partition coefficient (Wildman–Crippen LogP) is 8.54. The van der Waals surface area contributed by atoms with Crippen LogP contribution in [0.5, 0.6) is 17.2 Å². The highest BCUT2D eigenvalue weighted by Crippen LogP contribution is 2.49. The van der Waals surface area contributed by atoms with E-state index in [1.54, 1.807) is 60.2 Å². The number of methoxy groups -OCH3 is 1. The molecule has 0 saturated carbocycles. The quantitative estimate of drug-likeness (QED) is 0.116. The van der Waals surface area contributed by atoms with Crippen molar-refractivity contribution in [3.8, 4) is 17.2 Å². The first-order chi connectivity index (χ1) is 35.0. The van der Waals surface area contributed by atoms with Crippen molar-refractivity contribution in [3.05, 3.63) is 180 Å². The van der Waals surface area contributed by atoms with Crippen LogP contribution in [0.15, 0.2) is 97.1 Å². The lowest BCUT2D eigenvalue weighted by Gasteiger charge is -2.39. The van der Waals surface area contributed by atoms with Gasteiger partial charge in [0.2, 0.25) is 11.3 Å². The third-order valence-corrected chi connectivity index (χ3v) is 15.6. The van der Waals surface area contributed by atoms with Gasteiger partial charge in [-0.05, 0) is 147 Å². The first kappa shape index (κ1) is 45.4. The van der Waals surface area contributed by atoms with Crippen LogP contribution in [0, 0.1) is 6.92 Å². The van der Waals surface area contributed by atoms with Gasteiger partial charge in [0.25, 0.3) is 11.8 Å². The van der Waals surface area contributed by atoms with Crippen LogP contribution in [-0.2, 0) is 43.4 Å². The van der Waals surface area contributed by atoms with Crippen LogP contribution in [0.2, 0.25) is 5.02 Å². The summed E-state index contributed by atoms with van der Waals surface area (Å²) < 4.78 is 16.8.